The summed E-state index contributed by atoms with van der Waals surface area (Å²) in [7, 11) is 0. The second-order valence-electron chi connectivity index (χ2n) is 9.02. The van der Waals surface area contributed by atoms with Crippen molar-refractivity contribution in [2.75, 3.05) is 35.3 Å². The Morgan fingerprint density at radius 3 is 2.67 bits per heavy atom. The fourth-order valence-electron chi connectivity index (χ4n) is 4.34. The number of halogens is 1. The molecule has 2 amide bonds. The first-order valence-electron chi connectivity index (χ1n) is 12.6. The zero-order valence-corrected chi connectivity index (χ0v) is 25.6. The molecule has 7 N–H and O–H groups in total. The predicted molar refractivity (Wildman–Crippen MR) is 162 cm³/mol. The van der Waals surface area contributed by atoms with Gasteiger partial charge in [0.15, 0.2) is 10.8 Å². The van der Waals surface area contributed by atoms with Gasteiger partial charge in [-0.1, -0.05) is 21.7 Å². The van der Waals surface area contributed by atoms with Crippen molar-refractivity contribution in [1.29, 1.82) is 0 Å². The number of benzene rings is 1. The van der Waals surface area contributed by atoms with Crippen LogP contribution >= 0.6 is 46.5 Å². The van der Waals surface area contributed by atoms with Crippen LogP contribution in [0.1, 0.15) is 12.6 Å². The van der Waals surface area contributed by atoms with Crippen molar-refractivity contribution < 1.29 is 28.9 Å². The van der Waals surface area contributed by atoms with E-state index in [1.807, 2.05) is 0 Å². The van der Waals surface area contributed by atoms with E-state index in [0.717, 1.165) is 16.2 Å². The van der Waals surface area contributed by atoms with Gasteiger partial charge >= 0.3 is 5.16 Å². The molecule has 0 aliphatic carbocycles. The van der Waals surface area contributed by atoms with E-state index in [1.165, 1.54) is 35.0 Å². The summed E-state index contributed by atoms with van der Waals surface area (Å²) in [5.41, 5.74) is 18.8. The summed E-state index contributed by atoms with van der Waals surface area (Å²) in [5, 5.41) is 20.8. The topological polar surface area (TPSA) is 219 Å². The third-order valence-corrected chi connectivity index (χ3v) is 9.51. The van der Waals surface area contributed by atoms with E-state index in [1.54, 1.807) is 35.8 Å². The van der Waals surface area contributed by atoms with Crippen molar-refractivity contribution in [3.05, 3.63) is 57.7 Å². The van der Waals surface area contributed by atoms with Gasteiger partial charge in [0.2, 0.25) is 11.6 Å². The Bertz CT molecular complexity index is 1660. The first-order valence-corrected chi connectivity index (χ1v) is 15.8. The number of anilines is 3. The largest absolute Gasteiger partial charge is 0.543 e. The number of amides is 2. The second kappa shape index (κ2) is 12.7. The number of carboxylic acid groups (broad SMARTS) is 1. The van der Waals surface area contributed by atoms with E-state index in [0.29, 0.717) is 27.3 Å². The molecule has 14 nitrogen and oxygen atoms in total. The van der Waals surface area contributed by atoms with Crippen LogP contribution in [0.2, 0.25) is 5.02 Å². The maximum atomic E-state index is 13.2. The molecule has 224 valence electrons. The number of oxime groups is 1. The molecule has 2 unspecified atom stereocenters. The minimum atomic E-state index is -1.51. The number of thiazole rings is 1. The molecule has 18 heteroatoms. The Morgan fingerprint density at radius 1 is 1.28 bits per heavy atom. The Kier molecular flexibility index (Phi) is 8.95. The van der Waals surface area contributed by atoms with Gasteiger partial charge in [0.05, 0.1) is 17.7 Å². The number of thioether (sulfide) groups is 2. The van der Waals surface area contributed by atoms with Crippen molar-refractivity contribution in [2.45, 2.75) is 23.5 Å². The third-order valence-electron chi connectivity index (χ3n) is 6.22. The molecule has 4 heterocycles. The SMILES string of the molecule is CCO/N=C(\C(=O)NC1C(=O)N2C(C(=O)[O-])=C(CSc3nc(N)cc(N)[n+]3-c3ccc(Cl)cc3)CSC12)c1csc(N)n1. The van der Waals surface area contributed by atoms with Gasteiger partial charge in [-0.15, -0.1) is 23.1 Å². The molecular formula is C25H24ClN9O5S3. The monoisotopic (exact) mass is 661 g/mol. The number of carboxylic acids is 1. The highest BCUT2D eigenvalue weighted by Crippen LogP contribution is 2.41. The maximum Gasteiger partial charge on any atom is 0.306 e. The lowest BCUT2D eigenvalue weighted by molar-refractivity contribution is -0.626. The highest BCUT2D eigenvalue weighted by molar-refractivity contribution is 8.01. The van der Waals surface area contributed by atoms with Crippen molar-refractivity contribution in [3.63, 3.8) is 0 Å². The smallest absolute Gasteiger partial charge is 0.306 e. The highest BCUT2D eigenvalue weighted by atomic mass is 35.5. The zero-order valence-electron chi connectivity index (χ0n) is 22.4. The van der Waals surface area contributed by atoms with E-state index in [-0.39, 0.29) is 46.2 Å². The fraction of sp³-hybridized carbons (Fsp3) is 0.240. The van der Waals surface area contributed by atoms with Gasteiger partial charge in [0, 0.05) is 21.9 Å². The number of hydrogen-bond donors (Lipinski definition) is 4. The number of fused-ring (bicyclic) bond motifs is 1. The molecule has 2 aliphatic heterocycles. The van der Waals surface area contributed by atoms with Crippen LogP contribution < -0.4 is 32.2 Å². The lowest BCUT2D eigenvalue weighted by Gasteiger charge is -2.50. The van der Waals surface area contributed by atoms with Crippen LogP contribution in [0.25, 0.3) is 5.69 Å². The number of nitrogen functional groups attached to an aromatic ring is 3. The molecule has 0 radical (unpaired) electrons. The van der Waals surface area contributed by atoms with Gasteiger partial charge in [-0.25, -0.2) is 4.98 Å². The lowest BCUT2D eigenvalue weighted by Crippen LogP contribution is -2.71. The van der Waals surface area contributed by atoms with E-state index in [4.69, 9.17) is 33.6 Å². The Labute approximate surface area is 262 Å². The fourth-order valence-corrected chi connectivity index (χ4v) is 7.54. The van der Waals surface area contributed by atoms with Gasteiger partial charge in [-0.3, -0.25) is 14.5 Å². The molecule has 1 fully saturated rings. The summed E-state index contributed by atoms with van der Waals surface area (Å²) in [6.45, 7) is 1.89. The number of aromatic nitrogens is 3. The average Bonchev–Trinajstić information content (AvgIpc) is 3.40. The van der Waals surface area contributed by atoms with Crippen LogP contribution in [0.5, 0.6) is 0 Å². The van der Waals surface area contributed by atoms with E-state index < -0.39 is 29.2 Å². The van der Waals surface area contributed by atoms with Crippen LogP contribution in [-0.4, -0.2) is 67.9 Å². The number of nitrogens with zero attached hydrogens (tertiary/aromatic N) is 5. The molecule has 3 aromatic rings. The number of aliphatic carboxylic acids is 1. The van der Waals surface area contributed by atoms with Crippen molar-refractivity contribution >= 4 is 86.7 Å². The van der Waals surface area contributed by atoms with Crippen LogP contribution in [0, 0.1) is 0 Å². The van der Waals surface area contributed by atoms with Crippen LogP contribution in [-0.2, 0) is 19.2 Å². The lowest BCUT2D eigenvalue weighted by atomic mass is 10.0. The highest BCUT2D eigenvalue weighted by Gasteiger charge is 2.53. The molecule has 2 aromatic heterocycles. The van der Waals surface area contributed by atoms with E-state index in [2.05, 4.69) is 20.4 Å². The molecule has 43 heavy (non-hydrogen) atoms. The molecule has 1 saturated heterocycles. The molecular weight excluding hydrogens is 638 g/mol. The van der Waals surface area contributed by atoms with Crippen LogP contribution in [0.3, 0.4) is 0 Å². The van der Waals surface area contributed by atoms with Crippen molar-refractivity contribution in [1.82, 2.24) is 20.2 Å². The molecule has 2 aliphatic rings. The Morgan fingerprint density at radius 2 is 2.02 bits per heavy atom. The number of carbonyl (C=O) groups is 3. The molecule has 0 spiro atoms. The minimum Gasteiger partial charge on any atom is -0.543 e. The number of carbonyl (C=O) groups excluding carboxylic acids is 3. The molecule has 2 atom stereocenters. The summed E-state index contributed by atoms with van der Waals surface area (Å²) < 4.78 is 1.66. The summed E-state index contributed by atoms with van der Waals surface area (Å²) in [4.78, 5) is 53.2. The van der Waals surface area contributed by atoms with Gasteiger partial charge < -0.3 is 37.3 Å². The normalized spacial score (nSPS) is 18.2. The van der Waals surface area contributed by atoms with Gasteiger partial charge in [0.1, 0.15) is 29.4 Å². The minimum absolute atomic E-state index is 0.143. The summed E-state index contributed by atoms with van der Waals surface area (Å²) >= 11 is 9.64. The molecule has 5 rings (SSSR count). The quantitative estimate of drug-likeness (QED) is 0.0570. The molecule has 0 bridgehead atoms. The predicted octanol–water partition coefficient (Wildman–Crippen LogP) is 0.152. The number of nitrogens with two attached hydrogens (primary N) is 3. The summed E-state index contributed by atoms with van der Waals surface area (Å²) in [5.74, 6) is -1.95. The first kappa shape index (κ1) is 30.4. The average molecular weight is 662 g/mol. The standard InChI is InChI=1S/C25H24ClN9O5S3/c1-2-40-33-17(14-10-42-24(29)30-14)20(36)32-18-21(37)35-19(23(38)39)11(8-41-22(18)35)9-43-25-31-15(27)7-16(28)34(25)13-5-3-12(26)4-6-13/h3-7,10,18,22H,2,8-9H2,1H3,(H7,27,28,29,30,32,36,38,39)/b33-17-. The molecule has 1 aromatic carbocycles. The van der Waals surface area contributed by atoms with Crippen molar-refractivity contribution in [3.8, 4) is 5.69 Å². The van der Waals surface area contributed by atoms with E-state index >= 15 is 0 Å². The number of hydrogen-bond acceptors (Lipinski definition) is 14. The van der Waals surface area contributed by atoms with E-state index in [9.17, 15) is 19.5 Å². The van der Waals surface area contributed by atoms with Gasteiger partial charge in [-0.05, 0) is 48.5 Å². The first-order chi connectivity index (χ1) is 20.6. The maximum absolute atomic E-state index is 13.2. The second-order valence-corrected chi connectivity index (χ2v) is 12.4. The van der Waals surface area contributed by atoms with Gasteiger partial charge in [0.25, 0.3) is 11.8 Å². The Balaban J connectivity index is 1.36. The number of nitrogens with one attached hydrogen (secondary N) is 1. The van der Waals surface area contributed by atoms with Crippen LogP contribution in [0.4, 0.5) is 16.8 Å². The van der Waals surface area contributed by atoms with Gasteiger partial charge in [-0.2, -0.15) is 4.57 Å². The number of rotatable bonds is 10. The summed E-state index contributed by atoms with van der Waals surface area (Å²) in [6.07, 6.45) is 0. The molecule has 0 saturated carbocycles. The summed E-state index contributed by atoms with van der Waals surface area (Å²) in [6, 6.07) is 7.42. The van der Waals surface area contributed by atoms with Crippen LogP contribution in [0.15, 0.2) is 57.3 Å². The third kappa shape index (κ3) is 6.20. The number of β-lactam (4-membered cyclic amide) rings is 1. The zero-order chi connectivity index (χ0) is 30.8. The van der Waals surface area contributed by atoms with Crippen molar-refractivity contribution in [2.24, 2.45) is 5.16 Å². The Hall–Kier alpha value is -4.06.